The third-order valence-corrected chi connectivity index (χ3v) is 4.65. The molecular weight excluding hydrogens is 375 g/mol. The van der Waals surface area contributed by atoms with E-state index in [2.05, 4.69) is 20.8 Å². The van der Waals surface area contributed by atoms with Gasteiger partial charge in [-0.3, -0.25) is 19.0 Å². The number of amides is 2. The maximum Gasteiger partial charge on any atom is 0.242 e. The van der Waals surface area contributed by atoms with Crippen LogP contribution in [0.3, 0.4) is 0 Å². The highest BCUT2D eigenvalue weighted by Gasteiger charge is 2.15. The van der Waals surface area contributed by atoms with Gasteiger partial charge in [-0.25, -0.2) is 4.39 Å². The summed E-state index contributed by atoms with van der Waals surface area (Å²) in [5.41, 5.74) is 2.69. The lowest BCUT2D eigenvalue weighted by molar-refractivity contribution is -0.122. The zero-order valence-corrected chi connectivity index (χ0v) is 16.5. The summed E-state index contributed by atoms with van der Waals surface area (Å²) in [6.45, 7) is 3.83. The van der Waals surface area contributed by atoms with Gasteiger partial charge in [-0.15, -0.1) is 0 Å². The fourth-order valence-electron chi connectivity index (χ4n) is 2.99. The zero-order valence-electron chi connectivity index (χ0n) is 16.5. The van der Waals surface area contributed by atoms with Gasteiger partial charge in [0.15, 0.2) is 0 Å². The largest absolute Gasteiger partial charge is 0.348 e. The molecule has 0 saturated carbocycles. The molecule has 2 amide bonds. The molecule has 2 N–H and O–H groups in total. The molecule has 0 saturated heterocycles. The Morgan fingerprint density at radius 1 is 1.17 bits per heavy atom. The number of benzene rings is 1. The van der Waals surface area contributed by atoms with E-state index in [1.54, 1.807) is 35.3 Å². The number of carbonyl (C=O) groups excluding carboxylic acids is 2. The van der Waals surface area contributed by atoms with Crippen molar-refractivity contribution in [1.82, 2.24) is 24.9 Å². The van der Waals surface area contributed by atoms with Gasteiger partial charge in [0.25, 0.3) is 0 Å². The molecule has 3 rings (SSSR count). The van der Waals surface area contributed by atoms with E-state index in [0.29, 0.717) is 11.3 Å². The fraction of sp³-hybridized carbons (Fsp3) is 0.300. The van der Waals surface area contributed by atoms with Crippen LogP contribution in [0.2, 0.25) is 0 Å². The summed E-state index contributed by atoms with van der Waals surface area (Å²) < 4.78 is 16.8. The molecule has 1 atom stereocenters. The second kappa shape index (κ2) is 8.68. The van der Waals surface area contributed by atoms with Crippen LogP contribution in [0.15, 0.2) is 42.9 Å². The molecule has 1 aromatic carbocycles. The van der Waals surface area contributed by atoms with Crippen LogP contribution in [0, 0.1) is 12.7 Å². The molecule has 8 nitrogen and oxygen atoms in total. The van der Waals surface area contributed by atoms with Crippen molar-refractivity contribution in [3.8, 4) is 0 Å². The summed E-state index contributed by atoms with van der Waals surface area (Å²) in [7, 11) is 1.85. The first kappa shape index (κ1) is 20.2. The van der Waals surface area contributed by atoms with E-state index in [9.17, 15) is 14.0 Å². The topological polar surface area (TPSA) is 93.8 Å². The number of aryl methyl sites for hydroxylation is 1. The predicted molar refractivity (Wildman–Crippen MR) is 105 cm³/mol. The van der Waals surface area contributed by atoms with Gasteiger partial charge in [0.1, 0.15) is 12.4 Å². The van der Waals surface area contributed by atoms with Crippen LogP contribution in [0.25, 0.3) is 0 Å². The molecular formula is C20H23FN6O2. The van der Waals surface area contributed by atoms with Gasteiger partial charge in [0.05, 0.1) is 30.5 Å². The van der Waals surface area contributed by atoms with E-state index < -0.39 is 5.82 Å². The second-order valence-corrected chi connectivity index (χ2v) is 6.84. The van der Waals surface area contributed by atoms with Crippen molar-refractivity contribution in [1.29, 1.82) is 0 Å². The van der Waals surface area contributed by atoms with Gasteiger partial charge in [0.2, 0.25) is 11.8 Å². The maximum atomic E-state index is 13.6. The summed E-state index contributed by atoms with van der Waals surface area (Å²) in [5.74, 6) is -0.999. The lowest BCUT2D eigenvalue weighted by Gasteiger charge is -2.13. The molecule has 0 fully saturated rings. The molecule has 0 aliphatic heterocycles. The van der Waals surface area contributed by atoms with Crippen LogP contribution in [0.5, 0.6) is 0 Å². The maximum absolute atomic E-state index is 13.6. The Morgan fingerprint density at radius 3 is 2.62 bits per heavy atom. The monoisotopic (exact) mass is 398 g/mol. The third kappa shape index (κ3) is 5.07. The van der Waals surface area contributed by atoms with E-state index in [0.717, 1.165) is 11.3 Å². The molecule has 152 valence electrons. The van der Waals surface area contributed by atoms with Crippen LogP contribution in [0.1, 0.15) is 29.8 Å². The average molecular weight is 398 g/mol. The molecule has 0 spiro atoms. The number of nitrogens with zero attached hydrogens (tertiary/aromatic N) is 4. The Morgan fingerprint density at radius 2 is 1.93 bits per heavy atom. The van der Waals surface area contributed by atoms with Gasteiger partial charge in [-0.1, -0.05) is 18.2 Å². The Balaban J connectivity index is 1.53. The molecule has 0 bridgehead atoms. The van der Waals surface area contributed by atoms with Crippen molar-refractivity contribution in [3.05, 3.63) is 65.5 Å². The van der Waals surface area contributed by atoms with E-state index in [1.807, 2.05) is 20.9 Å². The SMILES string of the molecule is Cc1c([C@H](C)NC(=O)Cn2cc(NC(=O)Cc3ccccc3F)cn2)cnn1C. The van der Waals surface area contributed by atoms with Crippen LogP contribution < -0.4 is 10.6 Å². The molecule has 2 aromatic heterocycles. The molecule has 2 heterocycles. The number of anilines is 1. The number of hydrogen-bond acceptors (Lipinski definition) is 4. The standard InChI is InChI=1S/C20H23FN6O2/c1-13(17-10-22-26(3)14(17)2)24-20(29)12-27-11-16(9-23-27)25-19(28)8-15-6-4-5-7-18(15)21/h4-7,9-11,13H,8,12H2,1-3H3,(H,24,29)(H,25,28)/t13-/m0/s1. The number of hydrogen-bond donors (Lipinski definition) is 2. The van der Waals surface area contributed by atoms with Crippen molar-refractivity contribution in [2.75, 3.05) is 5.32 Å². The highest BCUT2D eigenvalue weighted by molar-refractivity contribution is 5.92. The Bertz CT molecular complexity index is 1030. The van der Waals surface area contributed by atoms with Crippen molar-refractivity contribution >= 4 is 17.5 Å². The van der Waals surface area contributed by atoms with Gasteiger partial charge in [-0.05, 0) is 25.5 Å². The van der Waals surface area contributed by atoms with E-state index in [-0.39, 0.29) is 30.8 Å². The average Bonchev–Trinajstić information content (AvgIpc) is 3.23. The van der Waals surface area contributed by atoms with E-state index in [1.165, 1.54) is 16.9 Å². The Hall–Kier alpha value is -3.49. The van der Waals surface area contributed by atoms with Gasteiger partial charge in [0, 0.05) is 24.5 Å². The van der Waals surface area contributed by atoms with Crippen LogP contribution in [-0.2, 0) is 29.6 Å². The van der Waals surface area contributed by atoms with Crippen LogP contribution in [-0.4, -0.2) is 31.4 Å². The predicted octanol–water partition coefficient (Wildman–Crippen LogP) is 2.12. The van der Waals surface area contributed by atoms with E-state index in [4.69, 9.17) is 0 Å². The summed E-state index contributed by atoms with van der Waals surface area (Å²) in [6.07, 6.45) is 4.65. The van der Waals surface area contributed by atoms with Gasteiger partial charge >= 0.3 is 0 Å². The minimum atomic E-state index is -0.423. The Kier molecular flexibility index (Phi) is 6.06. The second-order valence-electron chi connectivity index (χ2n) is 6.84. The first-order chi connectivity index (χ1) is 13.8. The summed E-state index contributed by atoms with van der Waals surface area (Å²) in [4.78, 5) is 24.4. The highest BCUT2D eigenvalue weighted by atomic mass is 19.1. The van der Waals surface area contributed by atoms with Crippen molar-refractivity contribution in [2.45, 2.75) is 32.9 Å². The van der Waals surface area contributed by atoms with Crippen molar-refractivity contribution in [2.24, 2.45) is 7.05 Å². The first-order valence-electron chi connectivity index (χ1n) is 9.17. The van der Waals surface area contributed by atoms with E-state index >= 15 is 0 Å². The lowest BCUT2D eigenvalue weighted by Crippen LogP contribution is -2.30. The molecule has 0 aliphatic rings. The summed E-state index contributed by atoms with van der Waals surface area (Å²) in [5, 5.41) is 13.8. The summed E-state index contributed by atoms with van der Waals surface area (Å²) >= 11 is 0. The smallest absolute Gasteiger partial charge is 0.242 e. The third-order valence-electron chi connectivity index (χ3n) is 4.65. The quantitative estimate of drug-likeness (QED) is 0.638. The van der Waals surface area contributed by atoms with Crippen molar-refractivity contribution in [3.63, 3.8) is 0 Å². The molecule has 29 heavy (non-hydrogen) atoms. The molecule has 9 heteroatoms. The number of halogens is 1. The fourth-order valence-corrected chi connectivity index (χ4v) is 2.99. The summed E-state index contributed by atoms with van der Waals surface area (Å²) in [6, 6.07) is 5.94. The lowest BCUT2D eigenvalue weighted by atomic mass is 10.1. The Labute approximate surface area is 167 Å². The molecule has 0 unspecified atom stereocenters. The van der Waals surface area contributed by atoms with Crippen LogP contribution in [0.4, 0.5) is 10.1 Å². The minimum Gasteiger partial charge on any atom is -0.348 e. The van der Waals surface area contributed by atoms with Crippen molar-refractivity contribution < 1.29 is 14.0 Å². The molecule has 0 radical (unpaired) electrons. The first-order valence-corrected chi connectivity index (χ1v) is 9.17. The zero-order chi connectivity index (χ0) is 21.0. The molecule has 3 aromatic rings. The number of aromatic nitrogens is 4. The molecule has 0 aliphatic carbocycles. The van der Waals surface area contributed by atoms with Crippen LogP contribution >= 0.6 is 0 Å². The number of nitrogens with one attached hydrogen (secondary N) is 2. The van der Waals surface area contributed by atoms with Gasteiger partial charge in [-0.2, -0.15) is 10.2 Å². The normalized spacial score (nSPS) is 11.9. The number of carbonyl (C=O) groups is 2. The minimum absolute atomic E-state index is 0.00678. The highest BCUT2D eigenvalue weighted by Crippen LogP contribution is 2.16. The number of rotatable bonds is 7. The van der Waals surface area contributed by atoms with Gasteiger partial charge < -0.3 is 10.6 Å².